The Labute approximate surface area is 456 Å². The van der Waals surface area contributed by atoms with Gasteiger partial charge in [-0.3, -0.25) is 9.97 Å². The van der Waals surface area contributed by atoms with Crippen LogP contribution in [-0.4, -0.2) is 94.0 Å². The van der Waals surface area contributed by atoms with Crippen molar-refractivity contribution in [2.45, 2.75) is 61.4 Å². The minimum Gasteiger partial charge on any atom is -0.381 e. The third-order valence-electron chi connectivity index (χ3n) is 15.5. The Balaban J connectivity index is 0.000000169. The van der Waals surface area contributed by atoms with Crippen LogP contribution >= 0.6 is 0 Å². The summed E-state index contributed by atoms with van der Waals surface area (Å²) in [5, 5.41) is 0.738. The van der Waals surface area contributed by atoms with Crippen LogP contribution in [0.25, 0.3) is 66.4 Å². The average molecular weight is 1140 g/mol. The molecule has 0 saturated carbocycles. The summed E-state index contributed by atoms with van der Waals surface area (Å²) in [7, 11) is -3.69. The van der Waals surface area contributed by atoms with E-state index in [2.05, 4.69) is 9.97 Å². The van der Waals surface area contributed by atoms with Crippen molar-refractivity contribution in [2.75, 3.05) is 38.9 Å². The van der Waals surface area contributed by atoms with Gasteiger partial charge in [0.1, 0.15) is 34.9 Å². The molecule has 4 aromatic carbocycles. The lowest BCUT2D eigenvalue weighted by Crippen LogP contribution is -2.28. The normalized spacial score (nSPS) is 15.8. The van der Waals surface area contributed by atoms with Gasteiger partial charge in [-0.05, 0) is 87.8 Å². The molecular weight excluding hydrogens is 1080 g/mol. The highest BCUT2D eigenvalue weighted by atomic mass is 32.2. The molecule has 8 heterocycles. The van der Waals surface area contributed by atoms with E-state index in [4.69, 9.17) is 19.4 Å². The summed E-state index contributed by atoms with van der Waals surface area (Å²) in [6.07, 6.45) is 10.9. The van der Waals surface area contributed by atoms with E-state index >= 15 is 17.6 Å². The van der Waals surface area contributed by atoms with Crippen LogP contribution in [0.2, 0.25) is 0 Å². The van der Waals surface area contributed by atoms with E-state index in [0.29, 0.717) is 131 Å². The number of rotatable bonds is 10. The fourth-order valence-electron chi connectivity index (χ4n) is 12.1. The van der Waals surface area contributed by atoms with Crippen LogP contribution in [-0.2, 0) is 43.2 Å². The summed E-state index contributed by atoms with van der Waals surface area (Å²) < 4.78 is 160. The summed E-state index contributed by atoms with van der Waals surface area (Å²) in [6, 6.07) is 14.3. The van der Waals surface area contributed by atoms with Crippen LogP contribution in [0, 0.1) is 60.6 Å². The number of aryl methyl sites for hydroxylation is 4. The molecule has 0 N–H and O–H groups in total. The Morgan fingerprint density at radius 2 is 0.863 bits per heavy atom. The number of benzene rings is 4. The Kier molecular flexibility index (Phi) is 14.3. The number of hydrogen-bond acceptors (Lipinski definition) is 10. The van der Waals surface area contributed by atoms with Crippen molar-refractivity contribution in [3.63, 3.8) is 0 Å². The number of ether oxygens (including phenoxy) is 2. The molecule has 2 aliphatic heterocycles. The number of fused-ring (bicyclic) bond motifs is 6. The van der Waals surface area contributed by atoms with Crippen LogP contribution in [0.3, 0.4) is 0 Å². The topological polar surface area (TPSA) is 158 Å². The highest BCUT2D eigenvalue weighted by Gasteiger charge is 2.38. The monoisotopic (exact) mass is 1140 g/mol. The molecule has 6 aromatic heterocycles. The fourth-order valence-corrected chi connectivity index (χ4v) is 13.9. The Morgan fingerprint density at radius 3 is 1.18 bits per heavy atom. The zero-order chi connectivity index (χ0) is 56.7. The van der Waals surface area contributed by atoms with Crippen LogP contribution in [0.5, 0.6) is 0 Å². The molecule has 2 unspecified atom stereocenters. The van der Waals surface area contributed by atoms with Gasteiger partial charge in [-0.1, -0.05) is 12.1 Å². The molecule has 0 radical (unpaired) electrons. The molecule has 0 amide bonds. The van der Waals surface area contributed by atoms with Gasteiger partial charge >= 0.3 is 0 Å². The Bertz CT molecular complexity index is 3970. The molecule has 0 aliphatic carbocycles. The second-order valence-electron chi connectivity index (χ2n) is 20.7. The van der Waals surface area contributed by atoms with Gasteiger partial charge in [-0.2, -0.15) is 0 Å². The Hall–Kier alpha value is -7.40. The number of hydrogen-bond donors (Lipinski definition) is 0. The summed E-state index contributed by atoms with van der Waals surface area (Å²) in [4.78, 5) is 18.3. The predicted molar refractivity (Wildman–Crippen MR) is 291 cm³/mol. The van der Waals surface area contributed by atoms with Gasteiger partial charge in [-0.15, -0.1) is 0 Å². The van der Waals surface area contributed by atoms with E-state index in [1.807, 2.05) is 49.2 Å². The molecule has 10 aromatic rings. The molecule has 416 valence electrons. The molecule has 0 bridgehead atoms. The lowest BCUT2D eigenvalue weighted by molar-refractivity contribution is 0.0542. The molecule has 80 heavy (non-hydrogen) atoms. The van der Waals surface area contributed by atoms with Crippen molar-refractivity contribution in [3.8, 4) is 22.5 Å². The molecular formula is C58H54F6N8O6S2. The maximum atomic E-state index is 15.5. The summed E-state index contributed by atoms with van der Waals surface area (Å²) in [5.74, 6) is -6.62. The second-order valence-corrected chi connectivity index (χ2v) is 24.7. The molecule has 2 aliphatic rings. The number of sulfone groups is 2. The maximum absolute atomic E-state index is 15.5. The summed E-state index contributed by atoms with van der Waals surface area (Å²) in [5.41, 5.74) is 6.70. The number of halogens is 6. The van der Waals surface area contributed by atoms with E-state index in [0.717, 1.165) is 35.3 Å². The van der Waals surface area contributed by atoms with E-state index in [1.165, 1.54) is 12.1 Å². The van der Waals surface area contributed by atoms with Crippen LogP contribution in [0.4, 0.5) is 26.3 Å². The molecule has 2 atom stereocenters. The first-order valence-corrected chi connectivity index (χ1v) is 29.6. The van der Waals surface area contributed by atoms with Gasteiger partial charge in [0, 0.05) is 123 Å². The van der Waals surface area contributed by atoms with Gasteiger partial charge < -0.3 is 27.7 Å². The smallest absolute Gasteiger partial charge is 0.176 e. The lowest BCUT2D eigenvalue weighted by atomic mass is 9.86. The van der Waals surface area contributed by atoms with E-state index in [9.17, 15) is 25.6 Å². The van der Waals surface area contributed by atoms with Crippen molar-refractivity contribution in [2.24, 2.45) is 25.9 Å². The van der Waals surface area contributed by atoms with E-state index in [1.54, 1.807) is 58.4 Å². The second kappa shape index (κ2) is 20.9. The highest BCUT2D eigenvalue weighted by molar-refractivity contribution is 7.91. The standard InChI is InChI=1S/2C29H27F3N4O3S/c2*1-16-28(35(2)15-34-16)18-11-23-27(33-14-18)26-22(5-4-6-24(26)40(3,37)38)36(23)29(17-7-9-39-10-8-17)25-20(31)12-19(30)13-21(25)32/h2*4-6,11-15,17,29H,7-10H2,1-3H3. The predicted octanol–water partition coefficient (Wildman–Crippen LogP) is 11.5. The van der Waals surface area contributed by atoms with E-state index in [-0.39, 0.29) is 32.8 Å². The van der Waals surface area contributed by atoms with Crippen molar-refractivity contribution in [1.82, 2.24) is 38.2 Å². The molecule has 2 fully saturated rings. The largest absolute Gasteiger partial charge is 0.381 e. The quantitative estimate of drug-likeness (QED) is 0.121. The minimum atomic E-state index is -3.70. The van der Waals surface area contributed by atoms with Crippen LogP contribution in [0.1, 0.15) is 60.3 Å². The fraction of sp³-hybridized carbons (Fsp3) is 0.310. The third-order valence-corrected chi connectivity index (χ3v) is 17.8. The average Bonchev–Trinajstić information content (AvgIpc) is 4.32. The lowest BCUT2D eigenvalue weighted by Gasteiger charge is -2.33. The first kappa shape index (κ1) is 54.6. The number of imidazole rings is 2. The highest BCUT2D eigenvalue weighted by Crippen LogP contribution is 2.46. The summed E-state index contributed by atoms with van der Waals surface area (Å²) >= 11 is 0. The Morgan fingerprint density at radius 1 is 0.512 bits per heavy atom. The van der Waals surface area contributed by atoms with Crippen molar-refractivity contribution >= 4 is 63.5 Å². The zero-order valence-electron chi connectivity index (χ0n) is 44.3. The first-order chi connectivity index (χ1) is 38.1. The van der Waals surface area contributed by atoms with Crippen molar-refractivity contribution in [1.29, 1.82) is 0 Å². The van der Waals surface area contributed by atoms with Crippen molar-refractivity contribution in [3.05, 3.63) is 155 Å². The third kappa shape index (κ3) is 9.61. The number of nitrogens with zero attached hydrogens (tertiary/aromatic N) is 8. The number of aromatic nitrogens is 8. The molecule has 12 rings (SSSR count). The van der Waals surface area contributed by atoms with Crippen LogP contribution < -0.4 is 0 Å². The van der Waals surface area contributed by atoms with Crippen LogP contribution in [0.15, 0.2) is 108 Å². The number of pyridine rings is 2. The van der Waals surface area contributed by atoms with E-state index < -0.39 is 66.7 Å². The zero-order valence-corrected chi connectivity index (χ0v) is 45.9. The minimum absolute atomic E-state index is 0.0662. The molecule has 0 spiro atoms. The maximum Gasteiger partial charge on any atom is 0.176 e. The van der Waals surface area contributed by atoms with Gasteiger partial charge in [0.25, 0.3) is 0 Å². The molecule has 14 nitrogen and oxygen atoms in total. The summed E-state index contributed by atoms with van der Waals surface area (Å²) in [6.45, 7) is 5.32. The molecule has 2 saturated heterocycles. The molecule has 22 heteroatoms. The first-order valence-electron chi connectivity index (χ1n) is 25.8. The van der Waals surface area contributed by atoms with Gasteiger partial charge in [0.15, 0.2) is 19.7 Å². The van der Waals surface area contributed by atoms with Gasteiger partial charge in [-0.25, -0.2) is 53.1 Å². The SMILES string of the molecule is Cc1ncn(C)c1-c1cnc2c3c(S(C)(=O)=O)cccc3n(C(c3c(F)cc(F)cc3F)C3CCOCC3)c2c1.Cc1ncn(C)c1-c1cnc2c3c(S(C)(=O)=O)cccc3n(C(c3c(F)cc(F)cc3F)C3CCOCC3)c2c1. The van der Waals surface area contributed by atoms with Crippen molar-refractivity contribution < 1.29 is 52.7 Å². The van der Waals surface area contributed by atoms with Gasteiger partial charge in [0.2, 0.25) is 0 Å². The van der Waals surface area contributed by atoms with Gasteiger partial charge in [0.05, 0.1) is 90.4 Å².